The predicted octanol–water partition coefficient (Wildman–Crippen LogP) is 4.91. The van der Waals surface area contributed by atoms with Gasteiger partial charge < -0.3 is 4.84 Å². The van der Waals surface area contributed by atoms with Crippen molar-refractivity contribution in [3.63, 3.8) is 0 Å². The maximum absolute atomic E-state index is 5.89. The number of halogens is 3. The molecule has 0 bridgehead atoms. The van der Waals surface area contributed by atoms with Gasteiger partial charge in [-0.1, -0.05) is 83.3 Å². The summed E-state index contributed by atoms with van der Waals surface area (Å²) >= 11 is 17.7. The number of anilines is 1. The highest BCUT2D eigenvalue weighted by molar-refractivity contribution is 6.76. The van der Waals surface area contributed by atoms with Gasteiger partial charge in [-0.25, -0.2) is 4.99 Å². The molecule has 2 aromatic carbocycles. The summed E-state index contributed by atoms with van der Waals surface area (Å²) < 4.78 is -1.70. The zero-order valence-corrected chi connectivity index (χ0v) is 13.1. The van der Waals surface area contributed by atoms with Gasteiger partial charge in [0, 0.05) is 0 Å². The molecule has 0 amide bonds. The predicted molar refractivity (Wildman–Crippen MR) is 86.9 cm³/mol. The van der Waals surface area contributed by atoms with Gasteiger partial charge >= 0.3 is 0 Å². The molecule has 21 heavy (non-hydrogen) atoms. The Kier molecular flexibility index (Phi) is 3.98. The zero-order valence-electron chi connectivity index (χ0n) is 10.8. The fraction of sp³-hybridized carbons (Fsp3) is 0.133. The van der Waals surface area contributed by atoms with E-state index in [0.717, 1.165) is 11.3 Å². The van der Waals surface area contributed by atoms with Crippen LogP contribution in [0.15, 0.2) is 65.7 Å². The van der Waals surface area contributed by atoms with Gasteiger partial charge in [-0.2, -0.15) is 5.06 Å². The van der Waals surface area contributed by atoms with Crippen LogP contribution in [0.3, 0.4) is 0 Å². The van der Waals surface area contributed by atoms with Crippen molar-refractivity contribution in [3.8, 4) is 0 Å². The molecule has 0 aliphatic carbocycles. The number of rotatable bonds is 2. The first kappa shape index (κ1) is 14.5. The fourth-order valence-electron chi connectivity index (χ4n) is 2.06. The third-order valence-electron chi connectivity index (χ3n) is 3.00. The van der Waals surface area contributed by atoms with Crippen LogP contribution in [-0.4, -0.2) is 9.69 Å². The van der Waals surface area contributed by atoms with Crippen molar-refractivity contribution in [2.45, 2.75) is 9.96 Å². The fourth-order valence-corrected chi connectivity index (χ4v) is 2.31. The van der Waals surface area contributed by atoms with Crippen molar-refractivity contribution in [1.82, 2.24) is 0 Å². The summed E-state index contributed by atoms with van der Waals surface area (Å²) in [5.74, 6) is 0.0604. The summed E-state index contributed by atoms with van der Waals surface area (Å²) in [5, 5.41) is 1.63. The van der Waals surface area contributed by atoms with Crippen molar-refractivity contribution in [2.24, 2.45) is 4.99 Å². The number of hydrogen-bond donors (Lipinski definition) is 0. The standard InChI is InChI=1S/C15H11Cl3N2O/c16-15(17,18)14-19-13(11-7-3-1-4-8-11)20(21-14)12-9-5-2-6-10-12/h1-10,13H. The van der Waals surface area contributed by atoms with Crippen molar-refractivity contribution < 1.29 is 4.84 Å². The van der Waals surface area contributed by atoms with E-state index in [1.165, 1.54) is 0 Å². The van der Waals surface area contributed by atoms with Crippen LogP contribution >= 0.6 is 34.8 Å². The molecule has 0 saturated heterocycles. The summed E-state index contributed by atoms with van der Waals surface area (Å²) in [7, 11) is 0. The van der Waals surface area contributed by atoms with Crippen molar-refractivity contribution >= 4 is 46.4 Å². The lowest BCUT2D eigenvalue weighted by Gasteiger charge is -2.24. The molecule has 3 rings (SSSR count). The van der Waals surface area contributed by atoms with Gasteiger partial charge in [-0.3, -0.25) is 0 Å². The molecule has 0 aromatic heterocycles. The van der Waals surface area contributed by atoms with Crippen molar-refractivity contribution in [2.75, 3.05) is 5.06 Å². The first-order valence-electron chi connectivity index (χ1n) is 6.28. The third-order valence-corrected chi connectivity index (χ3v) is 3.48. The average molecular weight is 342 g/mol. The number of para-hydroxylation sites is 1. The minimum atomic E-state index is -1.70. The van der Waals surface area contributed by atoms with Crippen LogP contribution in [0.25, 0.3) is 0 Å². The van der Waals surface area contributed by atoms with Gasteiger partial charge in [0.25, 0.3) is 9.69 Å². The molecule has 0 N–H and O–H groups in total. The molecule has 108 valence electrons. The summed E-state index contributed by atoms with van der Waals surface area (Å²) in [5.41, 5.74) is 1.78. The van der Waals surface area contributed by atoms with Crippen LogP contribution in [0.5, 0.6) is 0 Å². The monoisotopic (exact) mass is 340 g/mol. The molecule has 1 aliphatic heterocycles. The molecular formula is C15H11Cl3N2O. The van der Waals surface area contributed by atoms with Gasteiger partial charge in [0.1, 0.15) is 0 Å². The van der Waals surface area contributed by atoms with E-state index < -0.39 is 3.79 Å². The number of benzene rings is 2. The number of alkyl halides is 3. The molecule has 0 saturated carbocycles. The molecule has 2 aromatic rings. The van der Waals surface area contributed by atoms with E-state index in [-0.39, 0.29) is 12.1 Å². The lowest BCUT2D eigenvalue weighted by atomic mass is 10.1. The zero-order chi connectivity index (χ0) is 14.9. The number of aliphatic imine (C=N–C) groups is 1. The molecule has 0 spiro atoms. The average Bonchev–Trinajstić information content (AvgIpc) is 2.94. The van der Waals surface area contributed by atoms with E-state index in [2.05, 4.69) is 4.99 Å². The van der Waals surface area contributed by atoms with Crippen LogP contribution in [0, 0.1) is 0 Å². The Morgan fingerprint density at radius 3 is 2.05 bits per heavy atom. The topological polar surface area (TPSA) is 24.8 Å². The second-order valence-electron chi connectivity index (χ2n) is 4.47. The largest absolute Gasteiger partial charge is 0.357 e. The first-order valence-corrected chi connectivity index (χ1v) is 7.41. The molecule has 0 radical (unpaired) electrons. The summed E-state index contributed by atoms with van der Waals surface area (Å²) in [6.07, 6.45) is -0.390. The molecule has 1 heterocycles. The van der Waals surface area contributed by atoms with E-state index in [1.807, 2.05) is 60.7 Å². The lowest BCUT2D eigenvalue weighted by Crippen LogP contribution is -2.27. The smallest absolute Gasteiger partial charge is 0.272 e. The Morgan fingerprint density at radius 1 is 0.905 bits per heavy atom. The Labute approximate surface area is 137 Å². The van der Waals surface area contributed by atoms with Crippen molar-refractivity contribution in [3.05, 3.63) is 66.2 Å². The quantitative estimate of drug-likeness (QED) is 0.725. The lowest BCUT2D eigenvalue weighted by molar-refractivity contribution is 0.264. The Balaban J connectivity index is 2.00. The summed E-state index contributed by atoms with van der Waals surface area (Å²) in [6.45, 7) is 0. The van der Waals surface area contributed by atoms with E-state index in [4.69, 9.17) is 39.6 Å². The van der Waals surface area contributed by atoms with Crippen LogP contribution in [0.1, 0.15) is 11.7 Å². The van der Waals surface area contributed by atoms with E-state index in [0.29, 0.717) is 0 Å². The number of nitrogens with zero attached hydrogens (tertiary/aromatic N) is 2. The van der Waals surface area contributed by atoms with Crippen molar-refractivity contribution in [1.29, 1.82) is 0 Å². The third kappa shape index (κ3) is 3.10. The summed E-state index contributed by atoms with van der Waals surface area (Å²) in [4.78, 5) is 10.1. The van der Waals surface area contributed by atoms with Gasteiger partial charge in [0.15, 0.2) is 6.17 Å². The number of hydrogen-bond acceptors (Lipinski definition) is 3. The van der Waals surface area contributed by atoms with Crippen LogP contribution in [-0.2, 0) is 4.84 Å². The minimum Gasteiger partial charge on any atom is -0.357 e. The maximum atomic E-state index is 5.89. The molecule has 3 nitrogen and oxygen atoms in total. The second kappa shape index (κ2) is 5.76. The highest BCUT2D eigenvalue weighted by Crippen LogP contribution is 2.39. The highest BCUT2D eigenvalue weighted by Gasteiger charge is 2.40. The molecular weight excluding hydrogens is 331 g/mol. The Hall–Kier alpha value is -1.42. The van der Waals surface area contributed by atoms with Crippen LogP contribution < -0.4 is 5.06 Å². The Morgan fingerprint density at radius 2 is 1.48 bits per heavy atom. The van der Waals surface area contributed by atoms with E-state index in [9.17, 15) is 0 Å². The van der Waals surface area contributed by atoms with E-state index in [1.54, 1.807) is 5.06 Å². The molecule has 1 aliphatic rings. The second-order valence-corrected chi connectivity index (χ2v) is 6.75. The normalized spacial score (nSPS) is 18.3. The SMILES string of the molecule is ClC(Cl)(Cl)C1=NC(c2ccccc2)N(c2ccccc2)O1. The highest BCUT2D eigenvalue weighted by atomic mass is 35.6. The van der Waals surface area contributed by atoms with Gasteiger partial charge in [-0.05, 0) is 17.7 Å². The molecule has 1 unspecified atom stereocenters. The molecule has 6 heteroatoms. The molecule has 1 atom stereocenters. The maximum Gasteiger partial charge on any atom is 0.272 e. The number of hydroxylamine groups is 1. The summed E-state index contributed by atoms with van der Waals surface area (Å²) in [6, 6.07) is 19.3. The van der Waals surface area contributed by atoms with Crippen LogP contribution in [0.4, 0.5) is 5.69 Å². The van der Waals surface area contributed by atoms with Gasteiger partial charge in [0.2, 0.25) is 0 Å². The van der Waals surface area contributed by atoms with E-state index >= 15 is 0 Å². The van der Waals surface area contributed by atoms with Gasteiger partial charge in [0.05, 0.1) is 5.69 Å². The van der Waals surface area contributed by atoms with Gasteiger partial charge in [-0.15, -0.1) is 0 Å². The molecule has 0 fully saturated rings. The first-order chi connectivity index (χ1) is 10.1. The minimum absolute atomic E-state index is 0.0604. The van der Waals surface area contributed by atoms with Crippen LogP contribution in [0.2, 0.25) is 0 Å². The Bertz CT molecular complexity index is 641.